The van der Waals surface area contributed by atoms with Crippen LogP contribution in [-0.4, -0.2) is 100 Å². The molecular weight excluding hydrogens is 711 g/mol. The normalized spacial score (nSPS) is 16.9. The lowest BCUT2D eigenvalue weighted by atomic mass is 10.00. The minimum absolute atomic E-state index is 0.0746. The Hall–Kier alpha value is -5.15. The number of aryl methyl sites for hydroxylation is 1. The number of hydrogen-bond donors (Lipinski definition) is 3. The van der Waals surface area contributed by atoms with Crippen LogP contribution in [0.2, 0.25) is 0 Å². The molecule has 2 saturated heterocycles. The number of carbonyl (C=O) groups excluding carboxylic acids is 1. The molecule has 0 radical (unpaired) electrons. The molecule has 296 valence electrons. The molecule has 4 N–H and O–H groups in total. The zero-order valence-corrected chi connectivity index (χ0v) is 32.4. The van der Waals surface area contributed by atoms with Gasteiger partial charge in [-0.15, -0.1) is 0 Å². The number of amides is 1. The number of ether oxygens (including phenoxy) is 2. The summed E-state index contributed by atoms with van der Waals surface area (Å²) in [5.41, 5.74) is 12.4. The van der Waals surface area contributed by atoms with Crippen molar-refractivity contribution in [3.05, 3.63) is 98.8 Å². The highest BCUT2D eigenvalue weighted by atomic mass is 16.5. The van der Waals surface area contributed by atoms with Gasteiger partial charge in [0.2, 0.25) is 5.91 Å². The van der Waals surface area contributed by atoms with Gasteiger partial charge in [-0.05, 0) is 99.7 Å². The van der Waals surface area contributed by atoms with Gasteiger partial charge in [0, 0.05) is 69.0 Å². The molecule has 0 unspecified atom stereocenters. The molecule has 5 heterocycles. The molecule has 5 aromatic rings. The van der Waals surface area contributed by atoms with Gasteiger partial charge in [-0.25, -0.2) is 9.97 Å². The van der Waals surface area contributed by atoms with Crippen LogP contribution in [0.15, 0.2) is 76.6 Å². The lowest BCUT2D eigenvalue weighted by Crippen LogP contribution is -2.43. The van der Waals surface area contributed by atoms with Crippen LogP contribution in [0.5, 0.6) is 11.5 Å². The first-order chi connectivity index (χ1) is 27.3. The van der Waals surface area contributed by atoms with E-state index in [1.165, 1.54) is 23.5 Å². The van der Waals surface area contributed by atoms with E-state index in [0.29, 0.717) is 31.6 Å². The van der Waals surface area contributed by atoms with Crippen molar-refractivity contribution < 1.29 is 14.3 Å². The first kappa shape index (κ1) is 39.1. The first-order valence-electron chi connectivity index (χ1n) is 19.7. The number of nitrogens with two attached hydrogens (primary N) is 1. The van der Waals surface area contributed by atoms with Crippen LogP contribution in [0.4, 0.5) is 5.69 Å². The molecule has 0 spiro atoms. The van der Waals surface area contributed by atoms with Crippen LogP contribution < -0.4 is 37.0 Å². The molecule has 56 heavy (non-hydrogen) atoms. The number of nitrogens with one attached hydrogen (secondary N) is 2. The predicted octanol–water partition coefficient (Wildman–Crippen LogP) is 3.37. The summed E-state index contributed by atoms with van der Waals surface area (Å²) < 4.78 is 14.2. The zero-order chi connectivity index (χ0) is 39.0. The van der Waals surface area contributed by atoms with Crippen molar-refractivity contribution in [1.82, 2.24) is 34.2 Å². The molecule has 14 nitrogen and oxygen atoms in total. The fourth-order valence-electron chi connectivity index (χ4n) is 7.81. The monoisotopic (exact) mass is 763 g/mol. The van der Waals surface area contributed by atoms with Gasteiger partial charge in [0.25, 0.3) is 11.1 Å². The van der Waals surface area contributed by atoms with Crippen LogP contribution >= 0.6 is 0 Å². The molecule has 1 amide bonds. The van der Waals surface area contributed by atoms with Crippen molar-refractivity contribution in [2.45, 2.75) is 70.2 Å². The van der Waals surface area contributed by atoms with Gasteiger partial charge in [0.15, 0.2) is 0 Å². The fraction of sp³-hybridized carbons (Fsp3) is 0.452. The predicted molar refractivity (Wildman–Crippen MR) is 218 cm³/mol. The van der Waals surface area contributed by atoms with E-state index < -0.39 is 0 Å². The summed E-state index contributed by atoms with van der Waals surface area (Å²) in [5, 5.41) is 6.66. The first-order valence-corrected chi connectivity index (χ1v) is 19.7. The van der Waals surface area contributed by atoms with E-state index in [0.717, 1.165) is 117 Å². The maximum atomic E-state index is 12.5. The number of anilines is 1. The number of hydrogen-bond acceptors (Lipinski definition) is 11. The van der Waals surface area contributed by atoms with Crippen molar-refractivity contribution in [3.63, 3.8) is 0 Å². The standard InChI is InChI=1S/C26H31N5O3.C16H22N4O2/c1-34-21-5-6-22-24(15-21)31(26(33)17-28-22)13-12-30-10-8-20(9-11-30)27-16-18-2-3-19-4-7-25(32)29-23(19)14-18;1-22-13-2-3-14-15(10-13)20(16(21)11-18-14)9-8-19-6-4-12(17)5-7-19/h2-3,5-6,14-15,17,20,27H,4,7-13,16H2,1H3,(H,29,32);2-3,10-12H,4-9,17H2,1H3. The third kappa shape index (κ3) is 9.62. The minimum Gasteiger partial charge on any atom is -0.497 e. The Bertz CT molecular complexity index is 2260. The molecule has 0 saturated carbocycles. The largest absolute Gasteiger partial charge is 0.497 e. The number of aromatic nitrogens is 4. The Morgan fingerprint density at radius 3 is 1.82 bits per heavy atom. The summed E-state index contributed by atoms with van der Waals surface area (Å²) in [4.78, 5) is 49.6. The highest BCUT2D eigenvalue weighted by Crippen LogP contribution is 2.24. The van der Waals surface area contributed by atoms with E-state index in [1.807, 2.05) is 36.4 Å². The average molecular weight is 764 g/mol. The van der Waals surface area contributed by atoms with Crippen LogP contribution in [0, 0.1) is 0 Å². The molecule has 2 fully saturated rings. The summed E-state index contributed by atoms with van der Waals surface area (Å²) in [7, 11) is 3.25. The quantitative estimate of drug-likeness (QED) is 0.181. The summed E-state index contributed by atoms with van der Waals surface area (Å²) in [6, 6.07) is 18.4. The lowest BCUT2D eigenvalue weighted by molar-refractivity contribution is -0.116. The summed E-state index contributed by atoms with van der Waals surface area (Å²) in [6.07, 6.45) is 8.38. The average Bonchev–Trinajstić information content (AvgIpc) is 3.22. The fourth-order valence-corrected chi connectivity index (χ4v) is 7.81. The Morgan fingerprint density at radius 2 is 1.27 bits per heavy atom. The molecule has 3 aliphatic rings. The number of rotatable bonds is 11. The second kappa shape index (κ2) is 18.2. The van der Waals surface area contributed by atoms with Crippen molar-refractivity contribution >= 4 is 33.7 Å². The second-order valence-corrected chi connectivity index (χ2v) is 14.9. The van der Waals surface area contributed by atoms with Crippen LogP contribution in [-0.2, 0) is 30.8 Å². The highest BCUT2D eigenvalue weighted by molar-refractivity contribution is 5.94. The van der Waals surface area contributed by atoms with Gasteiger partial charge in [-0.2, -0.15) is 0 Å². The molecule has 8 rings (SSSR count). The number of methoxy groups -OCH3 is 2. The van der Waals surface area contributed by atoms with Crippen molar-refractivity contribution in [3.8, 4) is 11.5 Å². The van der Waals surface area contributed by atoms with Crippen LogP contribution in [0.25, 0.3) is 22.1 Å². The van der Waals surface area contributed by atoms with Crippen LogP contribution in [0.3, 0.4) is 0 Å². The number of fused-ring (bicyclic) bond motifs is 3. The van der Waals surface area contributed by atoms with Gasteiger partial charge < -0.3 is 44.8 Å². The molecule has 0 aliphatic carbocycles. The molecule has 0 bridgehead atoms. The smallest absolute Gasteiger partial charge is 0.269 e. The number of piperidine rings is 2. The highest BCUT2D eigenvalue weighted by Gasteiger charge is 2.21. The number of benzene rings is 3. The topological polar surface area (TPSA) is 162 Å². The maximum absolute atomic E-state index is 12.5. The van der Waals surface area contributed by atoms with E-state index in [2.05, 4.69) is 48.6 Å². The van der Waals surface area contributed by atoms with E-state index >= 15 is 0 Å². The number of carbonyl (C=O) groups is 1. The summed E-state index contributed by atoms with van der Waals surface area (Å²) in [5.74, 6) is 1.56. The van der Waals surface area contributed by atoms with Crippen LogP contribution in [0.1, 0.15) is 43.2 Å². The Kier molecular flexibility index (Phi) is 12.7. The number of nitrogens with zero attached hydrogens (tertiary/aromatic N) is 6. The van der Waals surface area contributed by atoms with E-state index in [4.69, 9.17) is 15.2 Å². The SMILES string of the molecule is COc1ccc2ncc(=O)n(CCN3CCC(N)CC3)c2c1.COc1ccc2ncc(=O)n(CCN3CCC(NCc4ccc5c(c4)NC(=O)CC5)CC3)c2c1. The zero-order valence-electron chi connectivity index (χ0n) is 32.4. The van der Waals surface area contributed by atoms with Gasteiger partial charge >= 0.3 is 0 Å². The van der Waals surface area contributed by atoms with Gasteiger partial charge in [-0.3, -0.25) is 14.4 Å². The molecule has 2 aromatic heterocycles. The Morgan fingerprint density at radius 1 is 0.714 bits per heavy atom. The van der Waals surface area contributed by atoms with Crippen molar-refractivity contribution in [2.24, 2.45) is 5.73 Å². The lowest BCUT2D eigenvalue weighted by Gasteiger charge is -2.32. The third-order valence-corrected chi connectivity index (χ3v) is 11.3. The van der Waals surface area contributed by atoms with Gasteiger partial charge in [0.1, 0.15) is 11.5 Å². The molecule has 0 atom stereocenters. The maximum Gasteiger partial charge on any atom is 0.269 e. The Balaban J connectivity index is 0.000000189. The van der Waals surface area contributed by atoms with Crippen molar-refractivity contribution in [2.75, 3.05) is 58.8 Å². The second-order valence-electron chi connectivity index (χ2n) is 14.9. The summed E-state index contributed by atoms with van der Waals surface area (Å²) in [6.45, 7) is 7.76. The van der Waals surface area contributed by atoms with Gasteiger partial charge in [-0.1, -0.05) is 12.1 Å². The van der Waals surface area contributed by atoms with Crippen molar-refractivity contribution in [1.29, 1.82) is 0 Å². The molecule has 3 aliphatic heterocycles. The molecular formula is C42H53N9O5. The third-order valence-electron chi connectivity index (χ3n) is 11.3. The van der Waals surface area contributed by atoms with E-state index in [9.17, 15) is 14.4 Å². The van der Waals surface area contributed by atoms with Gasteiger partial charge in [0.05, 0.1) is 48.7 Å². The Labute approximate surface area is 326 Å². The van der Waals surface area contributed by atoms with E-state index in [1.54, 1.807) is 23.4 Å². The molecule has 14 heteroatoms. The van der Waals surface area contributed by atoms with E-state index in [-0.39, 0.29) is 17.0 Å². The molecule has 3 aromatic carbocycles. The summed E-state index contributed by atoms with van der Waals surface area (Å²) >= 11 is 0. The minimum atomic E-state index is -0.0847. The number of likely N-dealkylation sites (tertiary alicyclic amines) is 2.